The number of non-ortho nitro benzene ring substituents is 1. The summed E-state index contributed by atoms with van der Waals surface area (Å²) in [6.07, 6.45) is -0.272. The quantitative estimate of drug-likeness (QED) is 0.393. The Kier molecular flexibility index (Phi) is 6.09. The molecule has 1 heterocycles. The average molecular weight is 474 g/mol. The molecule has 0 radical (unpaired) electrons. The lowest BCUT2D eigenvalue weighted by Gasteiger charge is -2.39. The van der Waals surface area contributed by atoms with Crippen molar-refractivity contribution in [2.45, 2.75) is 43.7 Å². The molecule has 1 aliphatic rings. The molecule has 0 aromatic heterocycles. The average Bonchev–Trinajstić information content (AvgIpc) is 3.00. The fourth-order valence-electron chi connectivity index (χ4n) is 3.65. The van der Waals surface area contributed by atoms with E-state index in [2.05, 4.69) is 0 Å². The molecule has 1 aliphatic heterocycles. The number of hydrogen-bond acceptors (Lipinski definition) is 7. The fraction of sp³-hybridized carbons (Fsp3) is 0.286. The third-order valence-corrected chi connectivity index (χ3v) is 6.05. The van der Waals surface area contributed by atoms with Crippen LogP contribution in [0.2, 0.25) is 0 Å². The van der Waals surface area contributed by atoms with Gasteiger partial charge in [-0.15, -0.1) is 0 Å². The summed E-state index contributed by atoms with van der Waals surface area (Å²) in [5.74, 6) is -1.76. The SMILES string of the molecule is CC(C)(C)N(C(=O)c1ccc([N+](=O)[O-])cc1)C1CC(=O)N(c2ccc(S(N)(=O)=O)cc2)C1=O. The second-order valence-electron chi connectivity index (χ2n) is 8.48. The van der Waals surface area contributed by atoms with Crippen molar-refractivity contribution >= 4 is 39.1 Å². The van der Waals surface area contributed by atoms with Crippen LogP contribution in [0.25, 0.3) is 0 Å². The van der Waals surface area contributed by atoms with E-state index in [4.69, 9.17) is 5.14 Å². The normalized spacial score (nSPS) is 16.7. The summed E-state index contributed by atoms with van der Waals surface area (Å²) in [5, 5.41) is 16.0. The van der Waals surface area contributed by atoms with Crippen LogP contribution in [0.5, 0.6) is 0 Å². The number of imide groups is 1. The summed E-state index contributed by atoms with van der Waals surface area (Å²) in [7, 11) is -3.95. The van der Waals surface area contributed by atoms with Crippen molar-refractivity contribution in [1.82, 2.24) is 4.90 Å². The Balaban J connectivity index is 1.95. The molecule has 33 heavy (non-hydrogen) atoms. The molecule has 12 heteroatoms. The van der Waals surface area contributed by atoms with Gasteiger partial charge in [0.1, 0.15) is 6.04 Å². The maximum Gasteiger partial charge on any atom is 0.269 e. The summed E-state index contributed by atoms with van der Waals surface area (Å²) in [4.78, 5) is 51.6. The molecule has 0 saturated carbocycles. The third kappa shape index (κ3) is 4.76. The number of carbonyl (C=O) groups excluding carboxylic acids is 3. The predicted molar refractivity (Wildman–Crippen MR) is 118 cm³/mol. The number of nitro groups is 1. The minimum Gasteiger partial charge on any atom is -0.321 e. The van der Waals surface area contributed by atoms with E-state index in [1.807, 2.05) is 0 Å². The summed E-state index contributed by atoms with van der Waals surface area (Å²) in [5.41, 5.74) is -0.772. The molecule has 2 N–H and O–H groups in total. The van der Waals surface area contributed by atoms with E-state index in [1.54, 1.807) is 20.8 Å². The Bertz CT molecular complexity index is 1230. The standard InChI is InChI=1S/C21H22N4O7S/c1-21(2,3)24(19(27)13-4-6-15(7-5-13)25(29)30)17-12-18(26)23(20(17)28)14-8-10-16(11-9-14)33(22,31)32/h4-11,17H,12H2,1-3H3,(H2,22,31,32). The first-order chi connectivity index (χ1) is 15.2. The zero-order chi connectivity index (χ0) is 24.7. The van der Waals surface area contributed by atoms with E-state index < -0.39 is 44.2 Å². The molecule has 174 valence electrons. The molecule has 1 fully saturated rings. The fourth-order valence-corrected chi connectivity index (χ4v) is 4.17. The maximum absolute atomic E-state index is 13.3. The van der Waals surface area contributed by atoms with Gasteiger partial charge >= 0.3 is 0 Å². The second kappa shape index (κ2) is 8.37. The van der Waals surface area contributed by atoms with Crippen LogP contribution in [-0.4, -0.2) is 47.5 Å². The highest BCUT2D eigenvalue weighted by Gasteiger charge is 2.47. The van der Waals surface area contributed by atoms with Crippen molar-refractivity contribution in [2.75, 3.05) is 4.90 Å². The van der Waals surface area contributed by atoms with Crippen molar-refractivity contribution < 1.29 is 27.7 Å². The van der Waals surface area contributed by atoms with Gasteiger partial charge in [0.2, 0.25) is 15.9 Å². The molecule has 1 unspecified atom stereocenters. The third-order valence-electron chi connectivity index (χ3n) is 5.12. The van der Waals surface area contributed by atoms with Crippen molar-refractivity contribution in [2.24, 2.45) is 5.14 Å². The number of carbonyl (C=O) groups is 3. The van der Waals surface area contributed by atoms with Gasteiger partial charge in [-0.1, -0.05) is 0 Å². The first kappa shape index (κ1) is 24.0. The number of amides is 3. The smallest absolute Gasteiger partial charge is 0.269 e. The van der Waals surface area contributed by atoms with Crippen LogP contribution in [-0.2, 0) is 19.6 Å². The Morgan fingerprint density at radius 3 is 2.09 bits per heavy atom. The Labute approximate surface area is 190 Å². The van der Waals surface area contributed by atoms with E-state index in [-0.39, 0.29) is 28.3 Å². The van der Waals surface area contributed by atoms with Gasteiger partial charge in [-0.25, -0.2) is 18.5 Å². The van der Waals surface area contributed by atoms with E-state index >= 15 is 0 Å². The molecule has 3 rings (SSSR count). The second-order valence-corrected chi connectivity index (χ2v) is 10.0. The molecular formula is C21H22N4O7S. The van der Waals surface area contributed by atoms with E-state index in [0.717, 1.165) is 4.90 Å². The van der Waals surface area contributed by atoms with Crippen LogP contribution in [0.15, 0.2) is 53.4 Å². The Morgan fingerprint density at radius 1 is 1.09 bits per heavy atom. The van der Waals surface area contributed by atoms with Crippen LogP contribution >= 0.6 is 0 Å². The highest BCUT2D eigenvalue weighted by atomic mass is 32.2. The molecule has 0 spiro atoms. The van der Waals surface area contributed by atoms with Gasteiger partial charge in [0.15, 0.2) is 0 Å². The number of nitrogens with two attached hydrogens (primary N) is 1. The number of hydrogen-bond donors (Lipinski definition) is 1. The van der Waals surface area contributed by atoms with Gasteiger partial charge in [-0.2, -0.15) is 0 Å². The minimum atomic E-state index is -3.95. The number of rotatable bonds is 5. The van der Waals surface area contributed by atoms with Crippen molar-refractivity contribution in [3.63, 3.8) is 0 Å². The molecular weight excluding hydrogens is 452 g/mol. The monoisotopic (exact) mass is 474 g/mol. The molecule has 2 aromatic carbocycles. The number of nitro benzene ring substituents is 1. The number of primary sulfonamides is 1. The van der Waals surface area contributed by atoms with Crippen LogP contribution in [0.1, 0.15) is 37.6 Å². The predicted octanol–water partition coefficient (Wildman–Crippen LogP) is 1.81. The molecule has 2 aromatic rings. The lowest BCUT2D eigenvalue weighted by atomic mass is 9.99. The van der Waals surface area contributed by atoms with Gasteiger partial charge < -0.3 is 4.90 Å². The summed E-state index contributed by atoms with van der Waals surface area (Å²) >= 11 is 0. The highest BCUT2D eigenvalue weighted by Crippen LogP contribution is 2.31. The van der Waals surface area contributed by atoms with Crippen LogP contribution < -0.4 is 10.0 Å². The molecule has 0 aliphatic carbocycles. The first-order valence-corrected chi connectivity index (χ1v) is 11.3. The number of sulfonamides is 1. The Hall–Kier alpha value is -3.64. The van der Waals surface area contributed by atoms with Crippen LogP contribution in [0, 0.1) is 10.1 Å². The van der Waals surface area contributed by atoms with Crippen molar-refractivity contribution in [1.29, 1.82) is 0 Å². The zero-order valence-electron chi connectivity index (χ0n) is 18.1. The van der Waals surface area contributed by atoms with Crippen LogP contribution in [0.3, 0.4) is 0 Å². The van der Waals surface area contributed by atoms with Gasteiger partial charge in [0, 0.05) is 23.2 Å². The minimum absolute atomic E-state index is 0.131. The summed E-state index contributed by atoms with van der Waals surface area (Å²) in [6, 6.07) is 8.80. The topological polar surface area (TPSA) is 161 Å². The number of anilines is 1. The highest BCUT2D eigenvalue weighted by molar-refractivity contribution is 7.89. The zero-order valence-corrected chi connectivity index (χ0v) is 18.9. The van der Waals surface area contributed by atoms with E-state index in [1.165, 1.54) is 53.4 Å². The van der Waals surface area contributed by atoms with E-state index in [9.17, 15) is 32.9 Å². The maximum atomic E-state index is 13.3. The van der Waals surface area contributed by atoms with Gasteiger partial charge in [-0.3, -0.25) is 24.5 Å². The van der Waals surface area contributed by atoms with Gasteiger partial charge in [-0.05, 0) is 57.2 Å². The van der Waals surface area contributed by atoms with Gasteiger partial charge in [0.05, 0.1) is 21.9 Å². The largest absolute Gasteiger partial charge is 0.321 e. The first-order valence-electron chi connectivity index (χ1n) is 9.79. The summed E-state index contributed by atoms with van der Waals surface area (Å²) in [6.45, 7) is 5.12. The lowest BCUT2D eigenvalue weighted by molar-refractivity contribution is -0.384. The number of benzene rings is 2. The van der Waals surface area contributed by atoms with Crippen molar-refractivity contribution in [3.05, 3.63) is 64.2 Å². The Morgan fingerprint density at radius 2 is 1.64 bits per heavy atom. The summed E-state index contributed by atoms with van der Waals surface area (Å²) < 4.78 is 22.9. The van der Waals surface area contributed by atoms with Crippen molar-refractivity contribution in [3.8, 4) is 0 Å². The van der Waals surface area contributed by atoms with Gasteiger partial charge in [0.25, 0.3) is 17.5 Å². The lowest BCUT2D eigenvalue weighted by Crippen LogP contribution is -2.54. The van der Waals surface area contributed by atoms with E-state index in [0.29, 0.717) is 0 Å². The van der Waals surface area contributed by atoms with Crippen LogP contribution in [0.4, 0.5) is 11.4 Å². The molecule has 1 atom stereocenters. The molecule has 3 amide bonds. The molecule has 1 saturated heterocycles. The molecule has 0 bridgehead atoms. The number of nitrogens with zero attached hydrogens (tertiary/aromatic N) is 3. The molecule has 11 nitrogen and oxygen atoms in total.